The van der Waals surface area contributed by atoms with Crippen LogP contribution in [0.25, 0.3) is 11.3 Å². The van der Waals surface area contributed by atoms with Gasteiger partial charge in [-0.2, -0.15) is 0 Å². The molecule has 0 spiro atoms. The number of rotatable bonds is 4. The summed E-state index contributed by atoms with van der Waals surface area (Å²) < 4.78 is 0. The minimum Gasteiger partial charge on any atom is -0.355 e. The van der Waals surface area contributed by atoms with Crippen molar-refractivity contribution < 1.29 is 4.79 Å². The smallest absolute Gasteiger partial charge is 0.227 e. The van der Waals surface area contributed by atoms with Crippen molar-refractivity contribution in [3.8, 4) is 11.3 Å². The number of hydrogen-bond donors (Lipinski definition) is 1. The van der Waals surface area contributed by atoms with Gasteiger partial charge in [-0.3, -0.25) is 14.8 Å². The molecule has 3 aromatic rings. The van der Waals surface area contributed by atoms with Crippen molar-refractivity contribution in [2.24, 2.45) is 5.92 Å². The molecule has 27 heavy (non-hydrogen) atoms. The van der Waals surface area contributed by atoms with Gasteiger partial charge in [-0.1, -0.05) is 0 Å². The summed E-state index contributed by atoms with van der Waals surface area (Å²) >= 11 is 0. The van der Waals surface area contributed by atoms with Crippen LogP contribution in [0.5, 0.6) is 0 Å². The number of piperidine rings is 1. The zero-order chi connectivity index (χ0) is 18.5. The molecule has 0 saturated carbocycles. The first-order valence-corrected chi connectivity index (χ1v) is 8.99. The number of carbonyl (C=O) groups excluding carboxylic acids is 1. The number of hydrogen-bond acceptors (Lipinski definition) is 6. The van der Waals surface area contributed by atoms with E-state index in [-0.39, 0.29) is 11.8 Å². The zero-order valence-electron chi connectivity index (χ0n) is 14.8. The average Bonchev–Trinajstić information content (AvgIpc) is 2.75. The van der Waals surface area contributed by atoms with Crippen LogP contribution in [0.15, 0.2) is 61.2 Å². The van der Waals surface area contributed by atoms with Gasteiger partial charge in [-0.05, 0) is 49.2 Å². The largest absolute Gasteiger partial charge is 0.355 e. The van der Waals surface area contributed by atoms with E-state index in [1.54, 1.807) is 36.9 Å². The van der Waals surface area contributed by atoms with Gasteiger partial charge in [0.25, 0.3) is 0 Å². The van der Waals surface area contributed by atoms with Gasteiger partial charge in [0.15, 0.2) is 5.82 Å². The second kappa shape index (κ2) is 7.90. The molecule has 7 heteroatoms. The number of amides is 1. The van der Waals surface area contributed by atoms with Gasteiger partial charge in [0.1, 0.15) is 0 Å². The van der Waals surface area contributed by atoms with Crippen molar-refractivity contribution in [2.75, 3.05) is 23.3 Å². The van der Waals surface area contributed by atoms with Crippen molar-refractivity contribution >= 4 is 17.4 Å². The number of carbonyl (C=O) groups is 1. The number of anilines is 2. The average molecular weight is 360 g/mol. The molecule has 1 aliphatic heterocycles. The third-order valence-electron chi connectivity index (χ3n) is 4.76. The zero-order valence-corrected chi connectivity index (χ0v) is 14.8. The standard InChI is InChI=1S/C20H20N6O/c27-20(23-17-5-11-22-12-6-17)16-7-13-26(14-8-16)19-2-1-18(24-25-19)15-3-9-21-10-4-15/h1-6,9-12,16H,7-8,13-14H2,(H,22,23,27). The summed E-state index contributed by atoms with van der Waals surface area (Å²) in [5.74, 6) is 0.930. The monoisotopic (exact) mass is 360 g/mol. The molecule has 1 saturated heterocycles. The van der Waals surface area contributed by atoms with Crippen LogP contribution < -0.4 is 10.2 Å². The van der Waals surface area contributed by atoms with Crippen molar-refractivity contribution in [3.63, 3.8) is 0 Å². The first-order valence-electron chi connectivity index (χ1n) is 8.99. The number of nitrogens with one attached hydrogen (secondary N) is 1. The molecule has 0 atom stereocenters. The van der Waals surface area contributed by atoms with E-state index in [1.807, 2.05) is 24.3 Å². The second-order valence-corrected chi connectivity index (χ2v) is 6.50. The molecule has 0 aliphatic carbocycles. The Balaban J connectivity index is 1.34. The highest BCUT2D eigenvalue weighted by molar-refractivity contribution is 5.92. The van der Waals surface area contributed by atoms with Crippen LogP contribution >= 0.6 is 0 Å². The lowest BCUT2D eigenvalue weighted by Gasteiger charge is -2.31. The molecule has 136 valence electrons. The predicted molar refractivity (Wildman–Crippen MR) is 103 cm³/mol. The Morgan fingerprint density at radius 2 is 1.56 bits per heavy atom. The van der Waals surface area contributed by atoms with E-state index >= 15 is 0 Å². The number of pyridine rings is 2. The topological polar surface area (TPSA) is 83.9 Å². The van der Waals surface area contributed by atoms with E-state index in [9.17, 15) is 4.79 Å². The van der Waals surface area contributed by atoms with E-state index in [4.69, 9.17) is 0 Å². The SMILES string of the molecule is O=C(Nc1ccncc1)C1CCN(c2ccc(-c3ccncc3)nn2)CC1. The van der Waals surface area contributed by atoms with Gasteiger partial charge in [0, 0.05) is 55.0 Å². The van der Waals surface area contributed by atoms with Crippen LogP contribution in [0.4, 0.5) is 11.5 Å². The second-order valence-electron chi connectivity index (χ2n) is 6.50. The van der Waals surface area contributed by atoms with Gasteiger partial charge in [0.05, 0.1) is 5.69 Å². The molecule has 1 aliphatic rings. The van der Waals surface area contributed by atoms with E-state index in [0.717, 1.165) is 48.7 Å². The lowest BCUT2D eigenvalue weighted by atomic mass is 9.96. The maximum Gasteiger partial charge on any atom is 0.227 e. The molecule has 0 bridgehead atoms. The summed E-state index contributed by atoms with van der Waals surface area (Å²) in [7, 11) is 0. The minimum absolute atomic E-state index is 0.0125. The normalized spacial score (nSPS) is 14.7. The highest BCUT2D eigenvalue weighted by Crippen LogP contribution is 2.24. The fourth-order valence-corrected chi connectivity index (χ4v) is 3.22. The predicted octanol–water partition coefficient (Wildman–Crippen LogP) is 2.79. The van der Waals surface area contributed by atoms with Crippen LogP contribution in [0, 0.1) is 5.92 Å². The molecule has 1 amide bonds. The number of nitrogens with zero attached hydrogens (tertiary/aromatic N) is 5. The minimum atomic E-state index is 0.0125. The first kappa shape index (κ1) is 17.1. The molecular formula is C20H20N6O. The molecule has 1 N–H and O–H groups in total. The van der Waals surface area contributed by atoms with Crippen LogP contribution in [0.2, 0.25) is 0 Å². The van der Waals surface area contributed by atoms with E-state index in [2.05, 4.69) is 30.4 Å². The highest BCUT2D eigenvalue weighted by atomic mass is 16.1. The lowest BCUT2D eigenvalue weighted by molar-refractivity contribution is -0.120. The van der Waals surface area contributed by atoms with Crippen molar-refractivity contribution in [2.45, 2.75) is 12.8 Å². The van der Waals surface area contributed by atoms with E-state index in [0.29, 0.717) is 0 Å². The van der Waals surface area contributed by atoms with Gasteiger partial charge in [-0.15, -0.1) is 10.2 Å². The summed E-state index contributed by atoms with van der Waals surface area (Å²) in [4.78, 5) is 22.6. The Kier molecular flexibility index (Phi) is 5.00. The molecule has 4 rings (SSSR count). The molecule has 7 nitrogen and oxygen atoms in total. The fourth-order valence-electron chi connectivity index (χ4n) is 3.22. The van der Waals surface area contributed by atoms with Crippen LogP contribution in [-0.2, 0) is 4.79 Å². The summed E-state index contributed by atoms with van der Waals surface area (Å²) in [5, 5.41) is 11.7. The van der Waals surface area contributed by atoms with Gasteiger partial charge < -0.3 is 10.2 Å². The van der Waals surface area contributed by atoms with Crippen LogP contribution in [-0.4, -0.2) is 39.2 Å². The van der Waals surface area contributed by atoms with Crippen LogP contribution in [0.3, 0.4) is 0 Å². The summed E-state index contributed by atoms with van der Waals surface area (Å²) in [5.41, 5.74) is 2.61. The van der Waals surface area contributed by atoms with Gasteiger partial charge in [0.2, 0.25) is 5.91 Å². The molecule has 1 fully saturated rings. The molecule has 3 aromatic heterocycles. The quantitative estimate of drug-likeness (QED) is 0.770. The number of aromatic nitrogens is 4. The fraction of sp³-hybridized carbons (Fsp3) is 0.250. The van der Waals surface area contributed by atoms with Crippen molar-refractivity contribution in [1.29, 1.82) is 0 Å². The Hall–Kier alpha value is -3.35. The summed E-state index contributed by atoms with van der Waals surface area (Å²) in [6.45, 7) is 1.58. The molecular weight excluding hydrogens is 340 g/mol. The maximum absolute atomic E-state index is 12.4. The van der Waals surface area contributed by atoms with Crippen LogP contribution in [0.1, 0.15) is 12.8 Å². The van der Waals surface area contributed by atoms with Gasteiger partial charge >= 0.3 is 0 Å². The third-order valence-corrected chi connectivity index (χ3v) is 4.76. The van der Waals surface area contributed by atoms with E-state index in [1.165, 1.54) is 0 Å². The maximum atomic E-state index is 12.4. The van der Waals surface area contributed by atoms with Crippen molar-refractivity contribution in [3.05, 3.63) is 61.2 Å². The summed E-state index contributed by atoms with van der Waals surface area (Å²) in [6, 6.07) is 11.4. The molecule has 0 radical (unpaired) electrons. The third kappa shape index (κ3) is 4.08. The molecule has 0 aromatic carbocycles. The Labute approximate surface area is 157 Å². The Morgan fingerprint density at radius 1 is 0.889 bits per heavy atom. The Bertz CT molecular complexity index is 877. The molecule has 0 unspecified atom stereocenters. The van der Waals surface area contributed by atoms with Crippen molar-refractivity contribution in [1.82, 2.24) is 20.2 Å². The lowest BCUT2D eigenvalue weighted by Crippen LogP contribution is -2.38. The first-order chi connectivity index (χ1) is 13.3. The van der Waals surface area contributed by atoms with Gasteiger partial charge in [-0.25, -0.2) is 0 Å². The molecule has 4 heterocycles. The summed E-state index contributed by atoms with van der Waals surface area (Å²) in [6.07, 6.45) is 8.42. The highest BCUT2D eigenvalue weighted by Gasteiger charge is 2.25. The van der Waals surface area contributed by atoms with E-state index < -0.39 is 0 Å². The Morgan fingerprint density at radius 3 is 2.19 bits per heavy atom.